The highest BCUT2D eigenvalue weighted by atomic mass is 19.1. The molecule has 2 aromatic rings. The van der Waals surface area contributed by atoms with Crippen LogP contribution in [-0.2, 0) is 11.2 Å². The zero-order valence-electron chi connectivity index (χ0n) is 12.4. The zero-order valence-corrected chi connectivity index (χ0v) is 12.4. The van der Waals surface area contributed by atoms with Gasteiger partial charge in [-0.15, -0.1) is 0 Å². The highest BCUT2D eigenvalue weighted by Crippen LogP contribution is 2.03. The minimum atomic E-state index is -0.392. The van der Waals surface area contributed by atoms with Crippen molar-refractivity contribution in [1.82, 2.24) is 15.6 Å². The molecule has 0 radical (unpaired) electrons. The lowest BCUT2D eigenvalue weighted by Gasteiger charge is -2.08. The molecule has 0 bridgehead atoms. The van der Waals surface area contributed by atoms with Gasteiger partial charge in [0.05, 0.1) is 6.42 Å². The van der Waals surface area contributed by atoms with Crippen molar-refractivity contribution < 1.29 is 14.0 Å². The molecule has 0 spiro atoms. The molecule has 7 heteroatoms. The van der Waals surface area contributed by atoms with Crippen LogP contribution in [0.25, 0.3) is 0 Å². The molecule has 120 valence electrons. The molecule has 3 N–H and O–H groups in total. The Morgan fingerprint density at radius 1 is 1.00 bits per heavy atom. The fraction of sp³-hybridized carbons (Fsp3) is 0.188. The van der Waals surface area contributed by atoms with Gasteiger partial charge in [0.15, 0.2) is 0 Å². The van der Waals surface area contributed by atoms with E-state index >= 15 is 0 Å². The molecule has 3 amide bonds. The Kier molecular flexibility index (Phi) is 6.05. The van der Waals surface area contributed by atoms with Crippen molar-refractivity contribution in [2.75, 3.05) is 18.4 Å². The van der Waals surface area contributed by atoms with Gasteiger partial charge in [-0.2, -0.15) is 0 Å². The van der Waals surface area contributed by atoms with Gasteiger partial charge in [-0.3, -0.25) is 10.1 Å². The summed E-state index contributed by atoms with van der Waals surface area (Å²) < 4.78 is 12.8. The van der Waals surface area contributed by atoms with Crippen molar-refractivity contribution in [2.24, 2.45) is 0 Å². The Hall–Kier alpha value is -2.96. The topological polar surface area (TPSA) is 83.1 Å². The molecule has 0 unspecified atom stereocenters. The first-order valence-corrected chi connectivity index (χ1v) is 7.10. The molecule has 0 fully saturated rings. The Morgan fingerprint density at radius 2 is 1.74 bits per heavy atom. The van der Waals surface area contributed by atoms with Gasteiger partial charge in [0.1, 0.15) is 11.6 Å². The van der Waals surface area contributed by atoms with E-state index in [0.29, 0.717) is 12.4 Å². The number of hydrogen-bond donors (Lipinski definition) is 3. The monoisotopic (exact) mass is 316 g/mol. The minimum absolute atomic E-state index is 0.167. The van der Waals surface area contributed by atoms with Crippen LogP contribution >= 0.6 is 0 Å². The van der Waals surface area contributed by atoms with Crippen LogP contribution in [0.15, 0.2) is 48.7 Å². The summed E-state index contributed by atoms with van der Waals surface area (Å²) in [6.45, 7) is 0.587. The number of anilines is 1. The molecule has 2 rings (SSSR count). The second-order valence-electron chi connectivity index (χ2n) is 4.75. The first-order valence-electron chi connectivity index (χ1n) is 7.10. The van der Waals surface area contributed by atoms with Crippen LogP contribution < -0.4 is 16.0 Å². The summed E-state index contributed by atoms with van der Waals surface area (Å²) in [7, 11) is 0. The summed E-state index contributed by atoms with van der Waals surface area (Å²) in [5.41, 5.74) is 0.727. The lowest BCUT2D eigenvalue weighted by Crippen LogP contribution is -2.37. The Labute approximate surface area is 133 Å². The van der Waals surface area contributed by atoms with Crippen molar-refractivity contribution in [3.05, 3.63) is 60.0 Å². The average Bonchev–Trinajstić information content (AvgIpc) is 2.55. The smallest absolute Gasteiger partial charge is 0.320 e. The van der Waals surface area contributed by atoms with Crippen molar-refractivity contribution in [1.29, 1.82) is 0 Å². The van der Waals surface area contributed by atoms with Crippen LogP contribution in [0.2, 0.25) is 0 Å². The van der Waals surface area contributed by atoms with Crippen molar-refractivity contribution in [3.63, 3.8) is 0 Å². The summed E-state index contributed by atoms with van der Waals surface area (Å²) in [4.78, 5) is 27.2. The number of rotatable bonds is 6. The maximum atomic E-state index is 12.8. The van der Waals surface area contributed by atoms with Gasteiger partial charge in [-0.1, -0.05) is 18.2 Å². The minimum Gasteiger partial charge on any atom is -0.354 e. The Bertz CT molecular complexity index is 647. The molecule has 0 saturated carbocycles. The molecule has 1 aromatic carbocycles. The van der Waals surface area contributed by atoms with Gasteiger partial charge in [-0.05, 0) is 29.8 Å². The molecule has 0 aliphatic heterocycles. The zero-order chi connectivity index (χ0) is 16.5. The summed E-state index contributed by atoms with van der Waals surface area (Å²) in [5.74, 6) is -0.0776. The molecule has 1 aromatic heterocycles. The maximum Gasteiger partial charge on any atom is 0.320 e. The van der Waals surface area contributed by atoms with E-state index in [2.05, 4.69) is 20.9 Å². The van der Waals surface area contributed by atoms with E-state index in [0.717, 1.165) is 5.56 Å². The molecule has 0 atom stereocenters. The quantitative estimate of drug-likeness (QED) is 0.709. The van der Waals surface area contributed by atoms with Crippen LogP contribution in [0.4, 0.5) is 15.0 Å². The summed E-state index contributed by atoms with van der Waals surface area (Å²) in [5, 5.41) is 7.84. The highest BCUT2D eigenvalue weighted by Gasteiger charge is 2.04. The number of benzene rings is 1. The molecule has 0 aliphatic carbocycles. The second-order valence-corrected chi connectivity index (χ2v) is 4.75. The largest absolute Gasteiger partial charge is 0.354 e. The fourth-order valence-corrected chi connectivity index (χ4v) is 1.83. The number of halogens is 1. The van der Waals surface area contributed by atoms with Gasteiger partial charge in [0, 0.05) is 19.3 Å². The van der Waals surface area contributed by atoms with Crippen LogP contribution in [-0.4, -0.2) is 30.0 Å². The van der Waals surface area contributed by atoms with Crippen molar-refractivity contribution >= 4 is 17.8 Å². The van der Waals surface area contributed by atoms with Crippen LogP contribution in [0.5, 0.6) is 0 Å². The number of urea groups is 1. The predicted octanol–water partition coefficient (Wildman–Crippen LogP) is 1.70. The van der Waals surface area contributed by atoms with Crippen molar-refractivity contribution in [3.8, 4) is 0 Å². The van der Waals surface area contributed by atoms with Crippen molar-refractivity contribution in [2.45, 2.75) is 6.42 Å². The van der Waals surface area contributed by atoms with E-state index in [9.17, 15) is 14.0 Å². The van der Waals surface area contributed by atoms with E-state index in [1.807, 2.05) is 0 Å². The number of carbonyl (C=O) groups is 2. The van der Waals surface area contributed by atoms with E-state index in [1.54, 1.807) is 36.5 Å². The van der Waals surface area contributed by atoms with Crippen LogP contribution in [0.1, 0.15) is 5.56 Å². The summed E-state index contributed by atoms with van der Waals surface area (Å²) >= 11 is 0. The molecule has 23 heavy (non-hydrogen) atoms. The molecule has 0 saturated heterocycles. The van der Waals surface area contributed by atoms with Gasteiger partial charge in [-0.25, -0.2) is 14.2 Å². The fourth-order valence-electron chi connectivity index (χ4n) is 1.83. The predicted molar refractivity (Wildman–Crippen MR) is 84.4 cm³/mol. The van der Waals surface area contributed by atoms with E-state index in [-0.39, 0.29) is 24.7 Å². The number of nitrogens with one attached hydrogen (secondary N) is 3. The van der Waals surface area contributed by atoms with E-state index < -0.39 is 6.03 Å². The Morgan fingerprint density at radius 3 is 2.43 bits per heavy atom. The SMILES string of the molecule is O=C(Cc1ccc(F)cc1)NCCNC(=O)Nc1ccccn1. The highest BCUT2D eigenvalue weighted by molar-refractivity contribution is 5.88. The van der Waals surface area contributed by atoms with Crippen LogP contribution in [0.3, 0.4) is 0 Å². The number of aromatic nitrogens is 1. The number of amides is 3. The van der Waals surface area contributed by atoms with Crippen LogP contribution in [0, 0.1) is 5.82 Å². The third-order valence-corrected chi connectivity index (χ3v) is 2.92. The lowest BCUT2D eigenvalue weighted by atomic mass is 10.1. The average molecular weight is 316 g/mol. The summed E-state index contributed by atoms with van der Waals surface area (Å²) in [6.07, 6.45) is 1.74. The standard InChI is InChI=1S/C16H17FN4O2/c17-13-6-4-12(5-7-13)11-15(22)19-9-10-20-16(23)21-14-3-1-2-8-18-14/h1-8H,9-11H2,(H,19,22)(H2,18,20,21,23). The van der Waals surface area contributed by atoms with Gasteiger partial charge in [0.25, 0.3) is 0 Å². The van der Waals surface area contributed by atoms with Gasteiger partial charge < -0.3 is 10.6 Å². The van der Waals surface area contributed by atoms with Gasteiger partial charge >= 0.3 is 6.03 Å². The number of carbonyl (C=O) groups excluding carboxylic acids is 2. The number of pyridine rings is 1. The van der Waals surface area contributed by atoms with E-state index in [4.69, 9.17) is 0 Å². The molecule has 1 heterocycles. The molecule has 6 nitrogen and oxygen atoms in total. The number of nitrogens with zero attached hydrogens (tertiary/aromatic N) is 1. The third-order valence-electron chi connectivity index (χ3n) is 2.92. The first kappa shape index (κ1) is 16.4. The number of hydrogen-bond acceptors (Lipinski definition) is 3. The first-order chi connectivity index (χ1) is 11.1. The molecular formula is C16H17FN4O2. The molecular weight excluding hydrogens is 299 g/mol. The van der Waals surface area contributed by atoms with E-state index in [1.165, 1.54) is 12.1 Å². The third kappa shape index (κ3) is 6.13. The lowest BCUT2D eigenvalue weighted by molar-refractivity contribution is -0.120. The Balaban J connectivity index is 1.62. The van der Waals surface area contributed by atoms with Gasteiger partial charge in [0.2, 0.25) is 5.91 Å². The second kappa shape index (κ2) is 8.47. The maximum absolute atomic E-state index is 12.8. The normalized spacial score (nSPS) is 9.96. The molecule has 0 aliphatic rings. The summed E-state index contributed by atoms with van der Waals surface area (Å²) in [6, 6.07) is 10.5.